The Balaban J connectivity index is 1.69. The molecule has 4 heteroatoms. The molecule has 87 valence electrons. The lowest BCUT2D eigenvalue weighted by Crippen LogP contribution is -2.29. The SMILES string of the molecule is Fc1ccc(CN2CCc3n[c]sc3C2)cc1. The van der Waals surface area contributed by atoms with E-state index in [0.29, 0.717) is 0 Å². The molecule has 1 aromatic heterocycles. The number of hydrogen-bond acceptors (Lipinski definition) is 3. The Bertz CT molecular complexity index is 506. The van der Waals surface area contributed by atoms with Crippen molar-refractivity contribution in [2.75, 3.05) is 6.54 Å². The Labute approximate surface area is 104 Å². The van der Waals surface area contributed by atoms with Gasteiger partial charge in [0, 0.05) is 30.9 Å². The van der Waals surface area contributed by atoms with Gasteiger partial charge in [-0.25, -0.2) is 9.37 Å². The van der Waals surface area contributed by atoms with Crippen molar-refractivity contribution in [2.24, 2.45) is 0 Å². The van der Waals surface area contributed by atoms with Crippen molar-refractivity contribution in [1.29, 1.82) is 0 Å². The normalized spacial score (nSPS) is 15.8. The molecule has 0 N–H and O–H groups in total. The zero-order valence-electron chi connectivity index (χ0n) is 9.32. The minimum atomic E-state index is -0.174. The number of nitrogens with zero attached hydrogens (tertiary/aromatic N) is 2. The van der Waals surface area contributed by atoms with Gasteiger partial charge in [-0.3, -0.25) is 4.90 Å². The van der Waals surface area contributed by atoms with Gasteiger partial charge in [0.25, 0.3) is 0 Å². The van der Waals surface area contributed by atoms with Crippen LogP contribution < -0.4 is 0 Å². The van der Waals surface area contributed by atoms with Gasteiger partial charge in [0.1, 0.15) is 5.82 Å². The minimum Gasteiger partial charge on any atom is -0.294 e. The minimum absolute atomic E-state index is 0.174. The van der Waals surface area contributed by atoms with Crippen LogP contribution in [0.15, 0.2) is 24.3 Å². The molecule has 0 saturated carbocycles. The fourth-order valence-corrected chi connectivity index (χ4v) is 2.88. The summed E-state index contributed by atoms with van der Waals surface area (Å²) < 4.78 is 12.8. The lowest BCUT2D eigenvalue weighted by molar-refractivity contribution is 0.247. The molecule has 2 nitrogen and oxygen atoms in total. The first-order chi connectivity index (χ1) is 8.31. The second-order valence-corrected chi connectivity index (χ2v) is 5.14. The van der Waals surface area contributed by atoms with Crippen LogP contribution in [-0.4, -0.2) is 16.4 Å². The van der Waals surface area contributed by atoms with Crippen molar-refractivity contribution in [3.8, 4) is 0 Å². The van der Waals surface area contributed by atoms with Crippen LogP contribution in [0.1, 0.15) is 16.1 Å². The third-order valence-corrected chi connectivity index (χ3v) is 3.82. The molecule has 0 amide bonds. The Morgan fingerprint density at radius 3 is 3.00 bits per heavy atom. The highest BCUT2D eigenvalue weighted by Gasteiger charge is 2.18. The van der Waals surface area contributed by atoms with Crippen LogP contribution in [-0.2, 0) is 19.5 Å². The van der Waals surface area contributed by atoms with E-state index in [1.165, 1.54) is 22.7 Å². The molecule has 17 heavy (non-hydrogen) atoms. The largest absolute Gasteiger partial charge is 0.294 e. The second kappa shape index (κ2) is 4.55. The van der Waals surface area contributed by atoms with Crippen LogP contribution in [0.25, 0.3) is 0 Å². The molecule has 1 radical (unpaired) electrons. The summed E-state index contributed by atoms with van der Waals surface area (Å²) in [6, 6.07) is 6.74. The van der Waals surface area contributed by atoms with Gasteiger partial charge in [0.2, 0.25) is 0 Å². The third-order valence-electron chi connectivity index (χ3n) is 3.02. The molecule has 1 aromatic carbocycles. The molecule has 0 fully saturated rings. The quantitative estimate of drug-likeness (QED) is 0.811. The van der Waals surface area contributed by atoms with Crippen molar-refractivity contribution in [3.63, 3.8) is 0 Å². The number of hydrogen-bond donors (Lipinski definition) is 0. The van der Waals surface area contributed by atoms with E-state index in [4.69, 9.17) is 0 Å². The molecule has 2 aromatic rings. The maximum atomic E-state index is 12.8. The fourth-order valence-electron chi connectivity index (χ4n) is 2.10. The maximum absolute atomic E-state index is 12.8. The molecule has 0 unspecified atom stereocenters. The Kier molecular flexibility index (Phi) is 2.91. The number of aromatic nitrogens is 1. The Morgan fingerprint density at radius 2 is 2.18 bits per heavy atom. The molecule has 2 heterocycles. The average molecular weight is 247 g/mol. The molecular formula is C13H12FN2S. The molecule has 0 atom stereocenters. The molecule has 3 rings (SSSR count). The van der Waals surface area contributed by atoms with Crippen molar-refractivity contribution in [1.82, 2.24) is 9.88 Å². The first kappa shape index (κ1) is 10.9. The van der Waals surface area contributed by atoms with Crippen LogP contribution in [0.5, 0.6) is 0 Å². The number of rotatable bonds is 2. The van der Waals surface area contributed by atoms with Gasteiger partial charge >= 0.3 is 0 Å². The highest BCUT2D eigenvalue weighted by molar-refractivity contribution is 7.09. The fraction of sp³-hybridized carbons (Fsp3) is 0.308. The molecule has 0 bridgehead atoms. The van der Waals surface area contributed by atoms with E-state index in [-0.39, 0.29) is 5.82 Å². The topological polar surface area (TPSA) is 16.1 Å². The van der Waals surface area contributed by atoms with Crippen LogP contribution in [0.4, 0.5) is 4.39 Å². The van der Waals surface area contributed by atoms with Gasteiger partial charge in [0.15, 0.2) is 5.51 Å². The molecule has 0 spiro atoms. The van der Waals surface area contributed by atoms with E-state index in [0.717, 1.165) is 31.6 Å². The number of halogens is 1. The van der Waals surface area contributed by atoms with Crippen molar-refractivity contribution >= 4 is 11.3 Å². The van der Waals surface area contributed by atoms with Crippen LogP contribution >= 0.6 is 11.3 Å². The zero-order valence-corrected chi connectivity index (χ0v) is 10.1. The lowest BCUT2D eigenvalue weighted by Gasteiger charge is -2.25. The van der Waals surface area contributed by atoms with Gasteiger partial charge in [-0.05, 0) is 17.7 Å². The summed E-state index contributed by atoms with van der Waals surface area (Å²) in [7, 11) is 0. The first-order valence-corrected chi connectivity index (χ1v) is 6.44. The monoisotopic (exact) mass is 247 g/mol. The first-order valence-electron chi connectivity index (χ1n) is 5.63. The highest BCUT2D eigenvalue weighted by atomic mass is 32.1. The van der Waals surface area contributed by atoms with Gasteiger partial charge < -0.3 is 0 Å². The van der Waals surface area contributed by atoms with Gasteiger partial charge in [-0.2, -0.15) is 0 Å². The van der Waals surface area contributed by atoms with Crippen molar-refractivity contribution in [3.05, 3.63) is 51.7 Å². The number of fused-ring (bicyclic) bond motifs is 1. The number of benzene rings is 1. The van der Waals surface area contributed by atoms with Crippen LogP contribution in [0, 0.1) is 11.3 Å². The molecule has 1 aliphatic heterocycles. The van der Waals surface area contributed by atoms with E-state index in [2.05, 4.69) is 15.4 Å². The standard InChI is InChI=1S/C13H12FN2S/c14-11-3-1-10(2-4-11)7-16-6-5-12-13(8-16)17-9-15-12/h1-4H,5-8H2. The second-order valence-electron chi connectivity index (χ2n) is 4.26. The molecular weight excluding hydrogens is 235 g/mol. The van der Waals surface area contributed by atoms with E-state index in [9.17, 15) is 4.39 Å². The zero-order chi connectivity index (χ0) is 11.7. The Hall–Kier alpha value is -1.26. The molecule has 0 aliphatic carbocycles. The highest BCUT2D eigenvalue weighted by Crippen LogP contribution is 2.22. The summed E-state index contributed by atoms with van der Waals surface area (Å²) in [6.45, 7) is 2.83. The van der Waals surface area contributed by atoms with Gasteiger partial charge in [-0.15, -0.1) is 11.3 Å². The summed E-state index contributed by atoms with van der Waals surface area (Å²) in [5.41, 5.74) is 5.30. The molecule has 1 aliphatic rings. The van der Waals surface area contributed by atoms with Crippen molar-refractivity contribution in [2.45, 2.75) is 19.5 Å². The van der Waals surface area contributed by atoms with Crippen LogP contribution in [0.2, 0.25) is 0 Å². The van der Waals surface area contributed by atoms with E-state index in [1.807, 2.05) is 12.1 Å². The number of thiazole rings is 1. The van der Waals surface area contributed by atoms with E-state index in [1.54, 1.807) is 11.3 Å². The maximum Gasteiger partial charge on any atom is 0.152 e. The predicted octanol–water partition coefficient (Wildman–Crippen LogP) is 2.64. The summed E-state index contributed by atoms with van der Waals surface area (Å²) in [5.74, 6) is -0.174. The summed E-state index contributed by atoms with van der Waals surface area (Å²) in [6.07, 6.45) is 0.997. The lowest BCUT2D eigenvalue weighted by atomic mass is 10.1. The molecule has 0 saturated heterocycles. The summed E-state index contributed by atoms with van der Waals surface area (Å²) in [5, 5.41) is 0. The Morgan fingerprint density at radius 1 is 1.35 bits per heavy atom. The van der Waals surface area contributed by atoms with Crippen LogP contribution in [0.3, 0.4) is 0 Å². The van der Waals surface area contributed by atoms with Gasteiger partial charge in [-0.1, -0.05) is 12.1 Å². The predicted molar refractivity (Wildman–Crippen MR) is 65.2 cm³/mol. The van der Waals surface area contributed by atoms with Gasteiger partial charge in [0.05, 0.1) is 5.69 Å². The van der Waals surface area contributed by atoms with Crippen molar-refractivity contribution < 1.29 is 4.39 Å². The smallest absolute Gasteiger partial charge is 0.152 e. The van der Waals surface area contributed by atoms with E-state index >= 15 is 0 Å². The van der Waals surface area contributed by atoms with E-state index < -0.39 is 0 Å². The third kappa shape index (κ3) is 2.37. The average Bonchev–Trinajstić information content (AvgIpc) is 2.79. The summed E-state index contributed by atoms with van der Waals surface area (Å²) >= 11 is 1.60. The summed E-state index contributed by atoms with van der Waals surface area (Å²) in [4.78, 5) is 7.91.